The van der Waals surface area contributed by atoms with Crippen molar-refractivity contribution in [3.63, 3.8) is 0 Å². The molecule has 0 bridgehead atoms. The fraction of sp³-hybridized carbons (Fsp3) is 0.444. The molecule has 0 aliphatic heterocycles. The molecular weight excluding hydrogens is 314 g/mol. The van der Waals surface area contributed by atoms with E-state index >= 15 is 0 Å². The Hall–Kier alpha value is -1.03. The standard InChI is InChI=1S/C18H23NOS.ClH/c1-2-8-16(9-3-1)19-13-15-7-4-5-11-18(15)20-14-17-10-6-12-21-17;/h4-7,10-12,16,19H,1-3,8-9,13-14H2;1H. The first kappa shape index (κ1) is 17.3. The number of ether oxygens (including phenoxy) is 1. The molecule has 0 amide bonds. The van der Waals surface area contributed by atoms with Crippen LogP contribution >= 0.6 is 23.7 Å². The smallest absolute Gasteiger partial charge is 0.124 e. The van der Waals surface area contributed by atoms with Crippen LogP contribution in [0.25, 0.3) is 0 Å². The lowest BCUT2D eigenvalue weighted by Crippen LogP contribution is -2.30. The third-order valence-electron chi connectivity index (χ3n) is 4.11. The topological polar surface area (TPSA) is 21.3 Å². The number of para-hydroxylation sites is 1. The van der Waals surface area contributed by atoms with Crippen LogP contribution in [0.4, 0.5) is 0 Å². The molecule has 4 heteroatoms. The number of benzene rings is 1. The fourth-order valence-corrected chi connectivity index (χ4v) is 3.51. The van der Waals surface area contributed by atoms with E-state index in [1.807, 2.05) is 6.07 Å². The van der Waals surface area contributed by atoms with Gasteiger partial charge in [0, 0.05) is 23.0 Å². The van der Waals surface area contributed by atoms with Gasteiger partial charge in [-0.15, -0.1) is 23.7 Å². The van der Waals surface area contributed by atoms with Crippen molar-refractivity contribution >= 4 is 23.7 Å². The lowest BCUT2D eigenvalue weighted by molar-refractivity contribution is 0.303. The maximum atomic E-state index is 5.99. The number of thiophene rings is 1. The van der Waals surface area contributed by atoms with E-state index in [1.165, 1.54) is 42.5 Å². The van der Waals surface area contributed by atoms with Gasteiger partial charge in [-0.3, -0.25) is 0 Å². The Morgan fingerprint density at radius 3 is 2.64 bits per heavy atom. The number of nitrogens with one attached hydrogen (secondary N) is 1. The normalized spacial score (nSPS) is 15.3. The highest BCUT2D eigenvalue weighted by molar-refractivity contribution is 7.09. The van der Waals surface area contributed by atoms with Crippen molar-refractivity contribution in [1.29, 1.82) is 0 Å². The van der Waals surface area contributed by atoms with E-state index in [-0.39, 0.29) is 12.4 Å². The molecule has 0 spiro atoms. The Labute approximate surface area is 143 Å². The molecule has 1 fully saturated rings. The fourth-order valence-electron chi connectivity index (χ4n) is 2.90. The van der Waals surface area contributed by atoms with Crippen molar-refractivity contribution in [2.24, 2.45) is 0 Å². The van der Waals surface area contributed by atoms with Crippen molar-refractivity contribution in [3.05, 3.63) is 52.2 Å². The molecule has 22 heavy (non-hydrogen) atoms. The molecule has 0 saturated heterocycles. The van der Waals surface area contributed by atoms with Crippen LogP contribution in [0.15, 0.2) is 41.8 Å². The predicted molar refractivity (Wildman–Crippen MR) is 96.1 cm³/mol. The summed E-state index contributed by atoms with van der Waals surface area (Å²) in [5.74, 6) is 1.01. The Balaban J connectivity index is 0.00000176. The molecule has 1 N–H and O–H groups in total. The maximum Gasteiger partial charge on any atom is 0.124 e. The monoisotopic (exact) mass is 337 g/mol. The highest BCUT2D eigenvalue weighted by Crippen LogP contribution is 2.22. The summed E-state index contributed by atoms with van der Waals surface area (Å²) >= 11 is 1.74. The molecule has 120 valence electrons. The third-order valence-corrected chi connectivity index (χ3v) is 4.96. The first-order chi connectivity index (χ1) is 10.4. The maximum absolute atomic E-state index is 5.99. The minimum Gasteiger partial charge on any atom is -0.488 e. The molecule has 1 aromatic heterocycles. The molecule has 1 heterocycles. The van der Waals surface area contributed by atoms with Crippen molar-refractivity contribution in [2.75, 3.05) is 0 Å². The first-order valence-corrected chi connectivity index (χ1v) is 8.76. The average molecular weight is 338 g/mol. The van der Waals surface area contributed by atoms with E-state index in [1.54, 1.807) is 11.3 Å². The van der Waals surface area contributed by atoms with Gasteiger partial charge >= 0.3 is 0 Å². The highest BCUT2D eigenvalue weighted by Gasteiger charge is 2.13. The van der Waals surface area contributed by atoms with Crippen LogP contribution < -0.4 is 10.1 Å². The van der Waals surface area contributed by atoms with Gasteiger partial charge in [-0.25, -0.2) is 0 Å². The molecule has 1 aliphatic carbocycles. The van der Waals surface area contributed by atoms with Gasteiger partial charge in [0.25, 0.3) is 0 Å². The Morgan fingerprint density at radius 1 is 1.05 bits per heavy atom. The second-order valence-electron chi connectivity index (χ2n) is 5.69. The number of halogens is 1. The summed E-state index contributed by atoms with van der Waals surface area (Å²) < 4.78 is 5.99. The van der Waals surface area contributed by atoms with Gasteiger partial charge in [-0.2, -0.15) is 0 Å². The van der Waals surface area contributed by atoms with E-state index in [0.29, 0.717) is 12.6 Å². The average Bonchev–Trinajstić information content (AvgIpc) is 3.06. The van der Waals surface area contributed by atoms with Crippen LogP contribution in [0.5, 0.6) is 5.75 Å². The van der Waals surface area contributed by atoms with Crippen LogP contribution in [0.1, 0.15) is 42.5 Å². The summed E-state index contributed by atoms with van der Waals surface area (Å²) in [4.78, 5) is 1.27. The Kier molecular flexibility index (Phi) is 7.23. The zero-order valence-electron chi connectivity index (χ0n) is 12.8. The molecule has 3 rings (SSSR count). The zero-order valence-corrected chi connectivity index (χ0v) is 14.4. The van der Waals surface area contributed by atoms with Crippen LogP contribution in [-0.2, 0) is 13.2 Å². The third kappa shape index (κ3) is 5.01. The van der Waals surface area contributed by atoms with Crippen LogP contribution in [0.2, 0.25) is 0 Å². The van der Waals surface area contributed by atoms with E-state index in [0.717, 1.165) is 12.3 Å². The first-order valence-electron chi connectivity index (χ1n) is 7.88. The number of hydrogen-bond donors (Lipinski definition) is 1. The van der Waals surface area contributed by atoms with Crippen molar-refractivity contribution < 1.29 is 4.74 Å². The number of hydrogen-bond acceptors (Lipinski definition) is 3. The minimum atomic E-state index is 0. The zero-order chi connectivity index (χ0) is 14.3. The Morgan fingerprint density at radius 2 is 1.86 bits per heavy atom. The second kappa shape index (κ2) is 9.19. The Bertz CT molecular complexity index is 538. The van der Waals surface area contributed by atoms with Crippen molar-refractivity contribution in [1.82, 2.24) is 5.32 Å². The van der Waals surface area contributed by atoms with E-state index in [2.05, 4.69) is 41.0 Å². The summed E-state index contributed by atoms with van der Waals surface area (Å²) in [6.07, 6.45) is 6.78. The lowest BCUT2D eigenvalue weighted by Gasteiger charge is -2.23. The predicted octanol–water partition coefficient (Wildman–Crippen LogP) is 5.17. The van der Waals surface area contributed by atoms with Crippen molar-refractivity contribution in [3.8, 4) is 5.75 Å². The van der Waals surface area contributed by atoms with Gasteiger partial charge in [-0.05, 0) is 30.4 Å². The molecular formula is C18H24ClNOS. The van der Waals surface area contributed by atoms with Gasteiger partial charge < -0.3 is 10.1 Å². The summed E-state index contributed by atoms with van der Waals surface area (Å²) in [5, 5.41) is 5.79. The van der Waals surface area contributed by atoms with Crippen LogP contribution in [-0.4, -0.2) is 6.04 Å². The van der Waals surface area contributed by atoms with Gasteiger partial charge in [0.15, 0.2) is 0 Å². The summed E-state index contributed by atoms with van der Waals surface area (Å²) in [7, 11) is 0. The molecule has 0 radical (unpaired) electrons. The van der Waals surface area contributed by atoms with E-state index < -0.39 is 0 Å². The molecule has 1 aromatic carbocycles. The van der Waals surface area contributed by atoms with Gasteiger partial charge in [-0.1, -0.05) is 43.5 Å². The van der Waals surface area contributed by atoms with Gasteiger partial charge in [0.1, 0.15) is 12.4 Å². The van der Waals surface area contributed by atoms with Crippen molar-refractivity contribution in [2.45, 2.75) is 51.3 Å². The molecule has 2 aromatic rings. The molecule has 0 atom stereocenters. The summed E-state index contributed by atoms with van der Waals surface area (Å²) in [6.45, 7) is 1.57. The minimum absolute atomic E-state index is 0. The van der Waals surface area contributed by atoms with Crippen LogP contribution in [0, 0.1) is 0 Å². The summed E-state index contributed by atoms with van der Waals surface area (Å²) in [6, 6.07) is 13.3. The molecule has 0 unspecified atom stereocenters. The molecule has 1 aliphatic rings. The van der Waals surface area contributed by atoms with Gasteiger partial charge in [0.2, 0.25) is 0 Å². The molecule has 2 nitrogen and oxygen atoms in total. The van der Waals surface area contributed by atoms with E-state index in [4.69, 9.17) is 4.74 Å². The largest absolute Gasteiger partial charge is 0.488 e. The lowest BCUT2D eigenvalue weighted by atomic mass is 9.95. The summed E-state index contributed by atoms with van der Waals surface area (Å²) in [5.41, 5.74) is 1.26. The van der Waals surface area contributed by atoms with Gasteiger partial charge in [0.05, 0.1) is 0 Å². The molecule has 1 saturated carbocycles. The second-order valence-corrected chi connectivity index (χ2v) is 6.72. The highest BCUT2D eigenvalue weighted by atomic mass is 35.5. The van der Waals surface area contributed by atoms with E-state index in [9.17, 15) is 0 Å². The number of rotatable bonds is 6. The van der Waals surface area contributed by atoms with Crippen LogP contribution in [0.3, 0.4) is 0 Å². The quantitative estimate of drug-likeness (QED) is 0.785. The SMILES string of the molecule is Cl.c1csc(COc2ccccc2CNC2CCCCC2)c1.